The van der Waals surface area contributed by atoms with Gasteiger partial charge < -0.3 is 15.3 Å². The number of fused-ring (bicyclic) bond motifs is 1. The molecule has 31 heavy (non-hydrogen) atoms. The lowest BCUT2D eigenvalue weighted by molar-refractivity contribution is -0.145. The van der Waals surface area contributed by atoms with Crippen molar-refractivity contribution in [2.24, 2.45) is 0 Å². The average molecular weight is 427 g/mol. The monoisotopic (exact) mass is 427 g/mol. The summed E-state index contributed by atoms with van der Waals surface area (Å²) in [6, 6.07) is 3.91. The molecular formula is C22H25N3O6. The van der Waals surface area contributed by atoms with Crippen LogP contribution in [0.25, 0.3) is 0 Å². The van der Waals surface area contributed by atoms with Crippen molar-refractivity contribution in [3.05, 3.63) is 34.9 Å². The van der Waals surface area contributed by atoms with E-state index in [-0.39, 0.29) is 36.8 Å². The van der Waals surface area contributed by atoms with Crippen LogP contribution in [0.3, 0.4) is 0 Å². The zero-order valence-corrected chi connectivity index (χ0v) is 17.1. The number of nitrogens with one attached hydrogen (secondary N) is 2. The molecule has 0 aromatic heterocycles. The third-order valence-corrected chi connectivity index (χ3v) is 6.51. The van der Waals surface area contributed by atoms with Crippen LogP contribution in [0.5, 0.6) is 0 Å². The molecule has 1 aliphatic carbocycles. The van der Waals surface area contributed by atoms with E-state index in [1.54, 1.807) is 12.1 Å². The molecule has 3 aliphatic rings. The topological polar surface area (TPSA) is 133 Å². The highest BCUT2D eigenvalue weighted by atomic mass is 16.4. The van der Waals surface area contributed by atoms with Gasteiger partial charge in [-0.05, 0) is 43.0 Å². The van der Waals surface area contributed by atoms with E-state index in [0.717, 1.165) is 25.7 Å². The molecule has 2 aliphatic heterocycles. The number of hydrogen-bond acceptors (Lipinski definition) is 5. The van der Waals surface area contributed by atoms with Gasteiger partial charge in [-0.25, -0.2) is 4.79 Å². The van der Waals surface area contributed by atoms with E-state index < -0.39 is 29.4 Å². The van der Waals surface area contributed by atoms with Gasteiger partial charge in [0.05, 0.1) is 0 Å². The molecule has 3 N–H and O–H groups in total. The van der Waals surface area contributed by atoms with Gasteiger partial charge in [0.2, 0.25) is 11.8 Å². The fourth-order valence-electron chi connectivity index (χ4n) is 4.73. The van der Waals surface area contributed by atoms with Crippen LogP contribution in [0.2, 0.25) is 0 Å². The highest BCUT2D eigenvalue weighted by molar-refractivity contribution is 6.06. The summed E-state index contributed by atoms with van der Waals surface area (Å²) in [6.45, 7) is 0.158. The first-order valence-electron chi connectivity index (χ1n) is 10.6. The summed E-state index contributed by atoms with van der Waals surface area (Å²) >= 11 is 0. The molecule has 0 bridgehead atoms. The first-order chi connectivity index (χ1) is 14.8. The molecule has 9 nitrogen and oxygen atoms in total. The number of imide groups is 1. The fourth-order valence-corrected chi connectivity index (χ4v) is 4.73. The Morgan fingerprint density at radius 2 is 1.81 bits per heavy atom. The molecule has 1 atom stereocenters. The molecule has 0 radical (unpaired) electrons. The molecule has 9 heteroatoms. The lowest BCUT2D eigenvalue weighted by Gasteiger charge is -2.29. The number of benzene rings is 1. The minimum atomic E-state index is -1.28. The summed E-state index contributed by atoms with van der Waals surface area (Å²) in [6.07, 6.45) is 4.59. The molecule has 1 saturated carbocycles. The Bertz CT molecular complexity index is 964. The quantitative estimate of drug-likeness (QED) is 0.491. The van der Waals surface area contributed by atoms with Crippen molar-refractivity contribution in [3.63, 3.8) is 0 Å². The summed E-state index contributed by atoms with van der Waals surface area (Å²) in [4.78, 5) is 62.6. The number of nitrogens with zero attached hydrogens (tertiary/aromatic N) is 1. The van der Waals surface area contributed by atoms with E-state index >= 15 is 0 Å². The van der Waals surface area contributed by atoms with Crippen LogP contribution in [-0.2, 0) is 20.9 Å². The lowest BCUT2D eigenvalue weighted by Crippen LogP contribution is -2.54. The van der Waals surface area contributed by atoms with Crippen molar-refractivity contribution in [2.75, 3.05) is 0 Å². The zero-order chi connectivity index (χ0) is 22.2. The molecule has 4 rings (SSSR count). The van der Waals surface area contributed by atoms with Gasteiger partial charge in [0.25, 0.3) is 11.8 Å². The number of carboxylic acids is 1. The number of hydrogen-bond donors (Lipinski definition) is 3. The molecule has 1 aromatic carbocycles. The normalized spacial score (nSPS) is 23.0. The summed E-state index contributed by atoms with van der Waals surface area (Å²) < 4.78 is 0. The minimum Gasteiger partial charge on any atom is -0.480 e. The van der Waals surface area contributed by atoms with E-state index in [1.807, 2.05) is 0 Å². The van der Waals surface area contributed by atoms with Crippen LogP contribution >= 0.6 is 0 Å². The Labute approximate surface area is 179 Å². The highest BCUT2D eigenvalue weighted by Crippen LogP contribution is 2.30. The number of rotatable bonds is 4. The Kier molecular flexibility index (Phi) is 5.51. The third kappa shape index (κ3) is 3.92. The SMILES string of the molecule is O=C1CCC(N2Cc3cc(C(=O)NC4(C(=O)O)CCCCCC4)ccc3C2=O)C(=O)N1. The molecule has 2 heterocycles. The Morgan fingerprint density at radius 3 is 2.45 bits per heavy atom. The maximum atomic E-state index is 12.9. The van der Waals surface area contributed by atoms with Crippen molar-refractivity contribution in [1.82, 2.24) is 15.5 Å². The highest BCUT2D eigenvalue weighted by Gasteiger charge is 2.41. The number of amides is 4. The van der Waals surface area contributed by atoms with Gasteiger partial charge >= 0.3 is 5.97 Å². The van der Waals surface area contributed by atoms with Crippen LogP contribution in [0.4, 0.5) is 0 Å². The van der Waals surface area contributed by atoms with Gasteiger partial charge in [-0.3, -0.25) is 24.5 Å². The Morgan fingerprint density at radius 1 is 1.10 bits per heavy atom. The van der Waals surface area contributed by atoms with Crippen LogP contribution in [-0.4, -0.2) is 51.2 Å². The van der Waals surface area contributed by atoms with E-state index in [2.05, 4.69) is 10.6 Å². The van der Waals surface area contributed by atoms with Gasteiger partial charge in [-0.2, -0.15) is 0 Å². The number of carbonyl (C=O) groups excluding carboxylic acids is 4. The van der Waals surface area contributed by atoms with Gasteiger partial charge in [0.1, 0.15) is 11.6 Å². The maximum absolute atomic E-state index is 12.9. The van der Waals surface area contributed by atoms with Crippen LogP contribution in [0.15, 0.2) is 18.2 Å². The first-order valence-corrected chi connectivity index (χ1v) is 10.6. The van der Waals surface area contributed by atoms with Crippen molar-refractivity contribution >= 4 is 29.6 Å². The molecule has 2 fully saturated rings. The second kappa shape index (κ2) is 8.13. The number of carbonyl (C=O) groups is 5. The molecule has 1 unspecified atom stereocenters. The minimum absolute atomic E-state index is 0.158. The maximum Gasteiger partial charge on any atom is 0.329 e. The summed E-state index contributed by atoms with van der Waals surface area (Å²) in [7, 11) is 0. The van der Waals surface area contributed by atoms with E-state index in [4.69, 9.17) is 0 Å². The molecule has 4 amide bonds. The Hall–Kier alpha value is -3.23. The zero-order valence-electron chi connectivity index (χ0n) is 17.1. The van der Waals surface area contributed by atoms with Gasteiger partial charge in [-0.1, -0.05) is 25.7 Å². The molecule has 1 aromatic rings. The summed E-state index contributed by atoms with van der Waals surface area (Å²) in [5.74, 6) is -2.67. The average Bonchev–Trinajstić information content (AvgIpc) is 2.89. The van der Waals surface area contributed by atoms with Crippen LogP contribution in [0, 0.1) is 0 Å². The van der Waals surface area contributed by atoms with E-state index in [0.29, 0.717) is 24.0 Å². The molecular weight excluding hydrogens is 402 g/mol. The van der Waals surface area contributed by atoms with Crippen molar-refractivity contribution in [2.45, 2.75) is 69.5 Å². The molecule has 1 saturated heterocycles. The largest absolute Gasteiger partial charge is 0.480 e. The van der Waals surface area contributed by atoms with Crippen molar-refractivity contribution < 1.29 is 29.1 Å². The first kappa shape index (κ1) is 21.0. The second-order valence-electron chi connectivity index (χ2n) is 8.53. The second-order valence-corrected chi connectivity index (χ2v) is 8.53. The Balaban J connectivity index is 1.52. The number of piperidine rings is 1. The number of aliphatic carboxylic acids is 1. The lowest BCUT2D eigenvalue weighted by atomic mass is 9.89. The molecule has 164 valence electrons. The number of carboxylic acid groups (broad SMARTS) is 1. The molecule has 0 spiro atoms. The van der Waals surface area contributed by atoms with Crippen molar-refractivity contribution in [1.29, 1.82) is 0 Å². The van der Waals surface area contributed by atoms with Crippen molar-refractivity contribution in [3.8, 4) is 0 Å². The summed E-state index contributed by atoms with van der Waals surface area (Å²) in [5.41, 5.74) is 0.0130. The van der Waals surface area contributed by atoms with Crippen LogP contribution in [0.1, 0.15) is 77.6 Å². The third-order valence-electron chi connectivity index (χ3n) is 6.51. The van der Waals surface area contributed by atoms with E-state index in [1.165, 1.54) is 11.0 Å². The van der Waals surface area contributed by atoms with E-state index in [9.17, 15) is 29.1 Å². The fraction of sp³-hybridized carbons (Fsp3) is 0.500. The predicted octanol–water partition coefficient (Wildman–Crippen LogP) is 1.35. The van der Waals surface area contributed by atoms with Crippen LogP contribution < -0.4 is 10.6 Å². The van der Waals surface area contributed by atoms with Gasteiger partial charge in [0, 0.05) is 24.1 Å². The standard InChI is InChI=1S/C22H25N3O6/c26-17-8-7-16(19(28)23-17)25-12-14-11-13(5-6-15(14)20(25)29)18(27)24-22(21(30)31)9-3-1-2-4-10-22/h5-6,11,16H,1-4,7-10,12H2,(H,24,27)(H,30,31)(H,23,26,28). The predicted molar refractivity (Wildman–Crippen MR) is 108 cm³/mol. The van der Waals surface area contributed by atoms with Gasteiger partial charge in [0.15, 0.2) is 0 Å². The smallest absolute Gasteiger partial charge is 0.329 e. The summed E-state index contributed by atoms with van der Waals surface area (Å²) in [5, 5.41) is 14.8. The van der Waals surface area contributed by atoms with Gasteiger partial charge in [-0.15, -0.1) is 0 Å².